The van der Waals surface area contributed by atoms with Gasteiger partial charge in [0.25, 0.3) is 0 Å². The van der Waals surface area contributed by atoms with Crippen LogP contribution < -0.4 is 5.32 Å². The second kappa shape index (κ2) is 7.96. The lowest BCUT2D eigenvalue weighted by molar-refractivity contribution is -0.123. The summed E-state index contributed by atoms with van der Waals surface area (Å²) in [5.74, 6) is 1.17. The standard InChI is InChI=1S/C12H25NO2S/c1-12(2,3)8-11(14)13-9-10(15-4)6-7-16-5/h10H,6-9H2,1-5H3,(H,13,14). The lowest BCUT2D eigenvalue weighted by atomic mass is 9.92. The lowest BCUT2D eigenvalue weighted by Gasteiger charge is -2.19. The van der Waals surface area contributed by atoms with Crippen LogP contribution in [-0.2, 0) is 9.53 Å². The lowest BCUT2D eigenvalue weighted by Crippen LogP contribution is -2.35. The number of amides is 1. The molecule has 16 heavy (non-hydrogen) atoms. The van der Waals surface area contributed by atoms with Crippen LogP contribution in [0.5, 0.6) is 0 Å². The van der Waals surface area contributed by atoms with Crippen LogP contribution in [0.1, 0.15) is 33.6 Å². The fraction of sp³-hybridized carbons (Fsp3) is 0.917. The Bertz CT molecular complexity index is 202. The smallest absolute Gasteiger partial charge is 0.220 e. The molecule has 4 heteroatoms. The van der Waals surface area contributed by atoms with Gasteiger partial charge in [-0.3, -0.25) is 4.79 Å². The Hall–Kier alpha value is -0.220. The van der Waals surface area contributed by atoms with Gasteiger partial charge in [-0.1, -0.05) is 20.8 Å². The molecule has 0 bridgehead atoms. The first-order valence-electron chi connectivity index (χ1n) is 5.67. The first-order valence-corrected chi connectivity index (χ1v) is 7.07. The Morgan fingerprint density at radius 2 is 2.06 bits per heavy atom. The number of hydrogen-bond donors (Lipinski definition) is 1. The van der Waals surface area contributed by atoms with E-state index in [0.29, 0.717) is 13.0 Å². The zero-order chi connectivity index (χ0) is 12.6. The predicted molar refractivity (Wildman–Crippen MR) is 70.9 cm³/mol. The molecule has 0 aliphatic heterocycles. The molecule has 0 aliphatic carbocycles. The number of carbonyl (C=O) groups is 1. The SMILES string of the molecule is COC(CCSC)CNC(=O)CC(C)(C)C. The van der Waals surface area contributed by atoms with Crippen molar-refractivity contribution < 1.29 is 9.53 Å². The maximum Gasteiger partial charge on any atom is 0.220 e. The monoisotopic (exact) mass is 247 g/mol. The first-order chi connectivity index (χ1) is 7.39. The van der Waals surface area contributed by atoms with Crippen LogP contribution >= 0.6 is 11.8 Å². The molecular weight excluding hydrogens is 222 g/mol. The summed E-state index contributed by atoms with van der Waals surface area (Å²) in [4.78, 5) is 11.6. The zero-order valence-electron chi connectivity index (χ0n) is 11.1. The molecule has 1 amide bonds. The Balaban J connectivity index is 3.79. The predicted octanol–water partition coefficient (Wildman–Crippen LogP) is 2.31. The van der Waals surface area contributed by atoms with Crippen molar-refractivity contribution in [1.29, 1.82) is 0 Å². The second-order valence-corrected chi connectivity index (χ2v) is 6.17. The quantitative estimate of drug-likeness (QED) is 0.750. The molecule has 0 radical (unpaired) electrons. The van der Waals surface area contributed by atoms with Crippen molar-refractivity contribution in [1.82, 2.24) is 5.32 Å². The Labute approximate surface area is 104 Å². The molecule has 3 nitrogen and oxygen atoms in total. The summed E-state index contributed by atoms with van der Waals surface area (Å²) in [6.07, 6.45) is 3.75. The van der Waals surface area contributed by atoms with Crippen molar-refractivity contribution in [2.45, 2.75) is 39.7 Å². The van der Waals surface area contributed by atoms with E-state index in [0.717, 1.165) is 12.2 Å². The number of methoxy groups -OCH3 is 1. The maximum absolute atomic E-state index is 11.6. The third kappa shape index (κ3) is 9.04. The third-order valence-corrected chi connectivity index (χ3v) is 2.84. The number of rotatable bonds is 7. The van der Waals surface area contributed by atoms with Crippen molar-refractivity contribution >= 4 is 17.7 Å². The minimum absolute atomic E-state index is 0.0475. The minimum atomic E-state index is 0.0475. The maximum atomic E-state index is 11.6. The molecule has 0 saturated heterocycles. The summed E-state index contributed by atoms with van der Waals surface area (Å²) in [5, 5.41) is 2.93. The molecule has 0 saturated carbocycles. The number of thioether (sulfide) groups is 1. The van der Waals surface area contributed by atoms with Gasteiger partial charge in [0.1, 0.15) is 0 Å². The Morgan fingerprint density at radius 3 is 2.50 bits per heavy atom. The second-order valence-electron chi connectivity index (χ2n) is 5.18. The summed E-state index contributed by atoms with van der Waals surface area (Å²) in [6.45, 7) is 6.81. The van der Waals surface area contributed by atoms with E-state index in [1.54, 1.807) is 18.9 Å². The van der Waals surface area contributed by atoms with Gasteiger partial charge < -0.3 is 10.1 Å². The van der Waals surface area contributed by atoms with Crippen LogP contribution in [-0.4, -0.2) is 37.7 Å². The van der Waals surface area contributed by atoms with Gasteiger partial charge in [0, 0.05) is 20.1 Å². The van der Waals surface area contributed by atoms with Crippen LogP contribution in [0.2, 0.25) is 0 Å². The topological polar surface area (TPSA) is 38.3 Å². The largest absolute Gasteiger partial charge is 0.380 e. The molecule has 0 aliphatic rings. The highest BCUT2D eigenvalue weighted by molar-refractivity contribution is 7.98. The first kappa shape index (κ1) is 15.8. The Kier molecular flexibility index (Phi) is 7.85. The van der Waals surface area contributed by atoms with E-state index in [1.165, 1.54) is 0 Å². The van der Waals surface area contributed by atoms with Gasteiger partial charge in [0.2, 0.25) is 5.91 Å². The van der Waals surface area contributed by atoms with Crippen LogP contribution in [0.15, 0.2) is 0 Å². The highest BCUT2D eigenvalue weighted by Crippen LogP contribution is 2.17. The van der Waals surface area contributed by atoms with Crippen LogP contribution in [0, 0.1) is 5.41 Å². The van der Waals surface area contributed by atoms with E-state index in [-0.39, 0.29) is 17.4 Å². The van der Waals surface area contributed by atoms with E-state index >= 15 is 0 Å². The Morgan fingerprint density at radius 1 is 1.44 bits per heavy atom. The van der Waals surface area contributed by atoms with E-state index in [4.69, 9.17) is 4.74 Å². The van der Waals surface area contributed by atoms with Crippen LogP contribution in [0.25, 0.3) is 0 Å². The molecule has 0 aromatic heterocycles. The summed E-state index contributed by atoms with van der Waals surface area (Å²) in [5.41, 5.74) is 0.0475. The van der Waals surface area contributed by atoms with E-state index in [1.807, 2.05) is 0 Å². The summed E-state index contributed by atoms with van der Waals surface area (Å²) in [7, 11) is 1.70. The van der Waals surface area contributed by atoms with Gasteiger partial charge in [-0.25, -0.2) is 0 Å². The van der Waals surface area contributed by atoms with E-state index in [9.17, 15) is 4.79 Å². The summed E-state index contributed by atoms with van der Waals surface area (Å²) >= 11 is 1.80. The number of nitrogens with one attached hydrogen (secondary N) is 1. The fourth-order valence-corrected chi connectivity index (χ4v) is 1.82. The van der Waals surface area contributed by atoms with Crippen LogP contribution in [0.4, 0.5) is 0 Å². The average molecular weight is 247 g/mol. The summed E-state index contributed by atoms with van der Waals surface area (Å²) in [6, 6.07) is 0. The minimum Gasteiger partial charge on any atom is -0.380 e. The molecule has 0 spiro atoms. The molecular formula is C12H25NO2S. The molecule has 1 unspecified atom stereocenters. The molecule has 0 aromatic rings. The van der Waals surface area contributed by atoms with Crippen molar-refractivity contribution in [2.24, 2.45) is 5.41 Å². The average Bonchev–Trinajstić information content (AvgIpc) is 2.15. The molecule has 1 N–H and O–H groups in total. The zero-order valence-corrected chi connectivity index (χ0v) is 11.9. The molecule has 96 valence electrons. The van der Waals surface area contributed by atoms with E-state index in [2.05, 4.69) is 32.3 Å². The van der Waals surface area contributed by atoms with Crippen LogP contribution in [0.3, 0.4) is 0 Å². The van der Waals surface area contributed by atoms with Gasteiger partial charge in [-0.15, -0.1) is 0 Å². The van der Waals surface area contributed by atoms with Gasteiger partial charge in [-0.2, -0.15) is 11.8 Å². The molecule has 1 atom stereocenters. The molecule has 0 fully saturated rings. The number of hydrogen-bond acceptors (Lipinski definition) is 3. The van der Waals surface area contributed by atoms with Gasteiger partial charge in [0.15, 0.2) is 0 Å². The highest BCUT2D eigenvalue weighted by Gasteiger charge is 2.16. The fourth-order valence-electron chi connectivity index (χ4n) is 1.32. The summed E-state index contributed by atoms with van der Waals surface area (Å²) < 4.78 is 5.30. The molecule has 0 aromatic carbocycles. The van der Waals surface area contributed by atoms with Crippen molar-refractivity contribution in [2.75, 3.05) is 25.7 Å². The molecule has 0 rings (SSSR count). The van der Waals surface area contributed by atoms with Crippen molar-refractivity contribution in [3.05, 3.63) is 0 Å². The normalized spacial score (nSPS) is 13.6. The van der Waals surface area contributed by atoms with Crippen molar-refractivity contribution in [3.63, 3.8) is 0 Å². The van der Waals surface area contributed by atoms with Crippen molar-refractivity contribution in [3.8, 4) is 0 Å². The third-order valence-electron chi connectivity index (χ3n) is 2.20. The van der Waals surface area contributed by atoms with E-state index < -0.39 is 0 Å². The van der Waals surface area contributed by atoms with Gasteiger partial charge in [0.05, 0.1) is 6.10 Å². The van der Waals surface area contributed by atoms with Gasteiger partial charge >= 0.3 is 0 Å². The highest BCUT2D eigenvalue weighted by atomic mass is 32.2. The number of ether oxygens (including phenoxy) is 1. The van der Waals surface area contributed by atoms with Gasteiger partial charge in [-0.05, 0) is 23.8 Å². The number of carbonyl (C=O) groups excluding carboxylic acids is 1. The molecule has 0 heterocycles.